The van der Waals surface area contributed by atoms with Crippen molar-refractivity contribution < 1.29 is 28.6 Å². The number of aromatic nitrogens is 1. The molecule has 2 heterocycles. The van der Waals surface area contributed by atoms with Crippen molar-refractivity contribution in [1.29, 1.82) is 0 Å². The summed E-state index contributed by atoms with van der Waals surface area (Å²) in [6.45, 7) is 9.94. The third-order valence-electron chi connectivity index (χ3n) is 6.45. The van der Waals surface area contributed by atoms with Gasteiger partial charge in [-0.05, 0) is 94.3 Å². The highest BCUT2D eigenvalue weighted by atomic mass is 16.7. The summed E-state index contributed by atoms with van der Waals surface area (Å²) in [5.41, 5.74) is 5.86. The molecule has 1 atom stereocenters. The van der Waals surface area contributed by atoms with Crippen LogP contribution in [0.1, 0.15) is 54.7 Å². The highest BCUT2D eigenvalue weighted by Gasteiger charge is 2.33. The Morgan fingerprint density at radius 3 is 2.31 bits per heavy atom. The van der Waals surface area contributed by atoms with Gasteiger partial charge in [-0.1, -0.05) is 11.2 Å². The van der Waals surface area contributed by atoms with Crippen molar-refractivity contribution in [3.8, 4) is 5.75 Å². The first-order valence-corrected chi connectivity index (χ1v) is 12.8. The molecule has 1 N–H and O–H groups in total. The molecule has 1 aliphatic heterocycles. The molecule has 8 heteroatoms. The van der Waals surface area contributed by atoms with Crippen molar-refractivity contribution in [3.63, 3.8) is 0 Å². The quantitative estimate of drug-likeness (QED) is 0.137. The van der Waals surface area contributed by atoms with Gasteiger partial charge in [0, 0.05) is 32.9 Å². The number of fused-ring (bicyclic) bond motifs is 3. The second-order valence-corrected chi connectivity index (χ2v) is 9.81. The van der Waals surface area contributed by atoms with E-state index in [1.807, 2.05) is 76.2 Å². The number of hydrogen-bond acceptors (Lipinski definition) is 7. The summed E-state index contributed by atoms with van der Waals surface area (Å²) in [5.74, 6) is 0.0900. The minimum Gasteiger partial charge on any atom is -0.491 e. The number of hydrogen-bond donors (Lipinski definition) is 1. The van der Waals surface area contributed by atoms with Crippen LogP contribution in [0.15, 0.2) is 59.8 Å². The Balaban J connectivity index is 0.00000112. The van der Waals surface area contributed by atoms with Gasteiger partial charge in [-0.3, -0.25) is 4.79 Å². The molecule has 204 valence electrons. The van der Waals surface area contributed by atoms with Crippen molar-refractivity contribution in [2.75, 3.05) is 20.3 Å². The first-order chi connectivity index (χ1) is 18.7. The summed E-state index contributed by atoms with van der Waals surface area (Å²) in [4.78, 5) is 30.6. The van der Waals surface area contributed by atoms with E-state index in [0.717, 1.165) is 44.9 Å². The molecule has 1 saturated heterocycles. The van der Waals surface area contributed by atoms with Gasteiger partial charge in [-0.2, -0.15) is 0 Å². The Morgan fingerprint density at radius 1 is 1.08 bits per heavy atom. The predicted molar refractivity (Wildman–Crippen MR) is 152 cm³/mol. The molecule has 0 bridgehead atoms. The average Bonchev–Trinajstić information content (AvgIpc) is 3.45. The highest BCUT2D eigenvalue weighted by Crippen LogP contribution is 2.29. The SMILES string of the molecule is CC=O.CO/N=C(\C)c1ccc2[nH]c3ccc(C(=O)c4ccc(OCC5COC(C)(C)O5)cc4C)cc3c2c1. The maximum absolute atomic E-state index is 13.5. The van der Waals surface area contributed by atoms with Crippen LogP contribution in [0.5, 0.6) is 5.75 Å². The number of rotatable bonds is 7. The van der Waals surface area contributed by atoms with E-state index in [4.69, 9.17) is 23.8 Å². The van der Waals surface area contributed by atoms with Crippen LogP contribution in [0.4, 0.5) is 0 Å². The summed E-state index contributed by atoms with van der Waals surface area (Å²) in [7, 11) is 1.53. The first-order valence-electron chi connectivity index (χ1n) is 12.8. The lowest BCUT2D eigenvalue weighted by molar-refractivity contribution is -0.141. The minimum atomic E-state index is -0.579. The van der Waals surface area contributed by atoms with Crippen LogP contribution in [0.3, 0.4) is 0 Å². The molecule has 8 nitrogen and oxygen atoms in total. The summed E-state index contributed by atoms with van der Waals surface area (Å²) >= 11 is 0. The molecular formula is C31H34N2O6. The summed E-state index contributed by atoms with van der Waals surface area (Å²) in [5, 5.41) is 6.06. The zero-order chi connectivity index (χ0) is 28.2. The number of H-pyrrole nitrogens is 1. The number of carbonyl (C=O) groups is 2. The smallest absolute Gasteiger partial charge is 0.193 e. The van der Waals surface area contributed by atoms with Crippen LogP contribution in [0.25, 0.3) is 21.8 Å². The minimum absolute atomic E-state index is 0.0298. The highest BCUT2D eigenvalue weighted by molar-refractivity contribution is 6.15. The fourth-order valence-corrected chi connectivity index (χ4v) is 4.62. The number of aromatic amines is 1. The van der Waals surface area contributed by atoms with Gasteiger partial charge in [0.25, 0.3) is 0 Å². The number of aldehydes is 1. The Hall–Kier alpha value is -4.01. The Labute approximate surface area is 227 Å². The number of carbonyl (C=O) groups excluding carboxylic acids is 2. The van der Waals surface area contributed by atoms with Gasteiger partial charge in [0.15, 0.2) is 11.6 Å². The lowest BCUT2D eigenvalue weighted by Gasteiger charge is -2.17. The van der Waals surface area contributed by atoms with E-state index in [1.165, 1.54) is 14.0 Å². The molecule has 1 unspecified atom stereocenters. The molecule has 0 aliphatic carbocycles. The number of nitrogens with one attached hydrogen (secondary N) is 1. The topological polar surface area (TPSA) is 99.2 Å². The standard InChI is InChI=1S/C29H30N2O5.C2H4O/c1-17-12-21(34-15-22-16-35-29(3,4)36-22)8-9-23(17)28(32)20-7-11-27-25(14-20)24-13-19(18(2)31-33-5)6-10-26(24)30-27;1-2-3/h6-14,22,30H,15-16H2,1-5H3;2H,1H3/b31-18+;. The lowest BCUT2D eigenvalue weighted by atomic mass is 9.97. The Bertz CT molecular complexity index is 1540. The van der Waals surface area contributed by atoms with E-state index in [9.17, 15) is 4.79 Å². The van der Waals surface area contributed by atoms with Gasteiger partial charge in [0.05, 0.1) is 12.3 Å². The van der Waals surface area contributed by atoms with E-state index in [0.29, 0.717) is 30.1 Å². The van der Waals surface area contributed by atoms with E-state index in [2.05, 4.69) is 16.2 Å². The Kier molecular flexibility index (Phi) is 8.47. The van der Waals surface area contributed by atoms with Crippen LogP contribution in [0.2, 0.25) is 0 Å². The second-order valence-electron chi connectivity index (χ2n) is 9.81. The molecule has 0 saturated carbocycles. The maximum Gasteiger partial charge on any atom is 0.193 e. The van der Waals surface area contributed by atoms with Gasteiger partial charge in [0.1, 0.15) is 31.9 Å². The van der Waals surface area contributed by atoms with E-state index in [1.54, 1.807) is 0 Å². The van der Waals surface area contributed by atoms with Crippen LogP contribution < -0.4 is 4.74 Å². The molecule has 5 rings (SSSR count). The number of aryl methyl sites for hydroxylation is 1. The van der Waals surface area contributed by atoms with Crippen LogP contribution in [-0.4, -0.2) is 55.0 Å². The van der Waals surface area contributed by atoms with Crippen LogP contribution >= 0.6 is 0 Å². The largest absolute Gasteiger partial charge is 0.491 e. The molecule has 1 aliphatic rings. The number of oxime groups is 1. The first kappa shape index (κ1) is 28.0. The molecule has 4 aromatic rings. The number of ketones is 1. The molecule has 39 heavy (non-hydrogen) atoms. The van der Waals surface area contributed by atoms with Gasteiger partial charge in [0.2, 0.25) is 0 Å². The monoisotopic (exact) mass is 530 g/mol. The molecule has 0 radical (unpaired) electrons. The zero-order valence-corrected chi connectivity index (χ0v) is 23.2. The number of benzene rings is 3. The normalized spacial score (nSPS) is 16.6. The third kappa shape index (κ3) is 6.35. The molecule has 1 fully saturated rings. The van der Waals surface area contributed by atoms with E-state index in [-0.39, 0.29) is 11.9 Å². The fourth-order valence-electron chi connectivity index (χ4n) is 4.62. The molecule has 0 spiro atoms. The van der Waals surface area contributed by atoms with Crippen LogP contribution in [-0.2, 0) is 19.1 Å². The van der Waals surface area contributed by atoms with Crippen molar-refractivity contribution in [2.45, 2.75) is 46.5 Å². The van der Waals surface area contributed by atoms with Crippen molar-refractivity contribution >= 4 is 39.6 Å². The zero-order valence-electron chi connectivity index (χ0n) is 23.2. The van der Waals surface area contributed by atoms with Gasteiger partial charge >= 0.3 is 0 Å². The van der Waals surface area contributed by atoms with Crippen LogP contribution in [0, 0.1) is 6.92 Å². The number of ether oxygens (including phenoxy) is 3. The van der Waals surface area contributed by atoms with Crippen molar-refractivity contribution in [1.82, 2.24) is 4.98 Å². The fraction of sp³-hybridized carbons (Fsp3) is 0.323. The average molecular weight is 531 g/mol. The molecule has 3 aromatic carbocycles. The Morgan fingerprint density at radius 2 is 1.72 bits per heavy atom. The summed E-state index contributed by atoms with van der Waals surface area (Å²) < 4.78 is 17.3. The summed E-state index contributed by atoms with van der Waals surface area (Å²) in [6, 6.07) is 17.4. The second kappa shape index (κ2) is 11.8. The maximum atomic E-state index is 13.5. The summed E-state index contributed by atoms with van der Waals surface area (Å²) in [6.07, 6.45) is 0.634. The van der Waals surface area contributed by atoms with Crippen molar-refractivity contribution in [2.24, 2.45) is 5.16 Å². The molecular weight excluding hydrogens is 496 g/mol. The van der Waals surface area contributed by atoms with Crippen molar-refractivity contribution in [3.05, 3.63) is 76.9 Å². The van der Waals surface area contributed by atoms with Gasteiger partial charge < -0.3 is 28.8 Å². The van der Waals surface area contributed by atoms with Gasteiger partial charge in [-0.25, -0.2) is 0 Å². The number of nitrogens with zero attached hydrogens (tertiary/aromatic N) is 1. The molecule has 1 aromatic heterocycles. The predicted octanol–water partition coefficient (Wildman–Crippen LogP) is 5.97. The van der Waals surface area contributed by atoms with E-state index >= 15 is 0 Å². The molecule has 0 amide bonds. The third-order valence-corrected chi connectivity index (χ3v) is 6.45. The van der Waals surface area contributed by atoms with E-state index < -0.39 is 5.79 Å². The lowest BCUT2D eigenvalue weighted by Crippen LogP contribution is -2.25. The van der Waals surface area contributed by atoms with Gasteiger partial charge in [-0.15, -0.1) is 0 Å².